The van der Waals surface area contributed by atoms with Crippen LogP contribution in [0.2, 0.25) is 0 Å². The summed E-state index contributed by atoms with van der Waals surface area (Å²) in [6.45, 7) is -2.93. The summed E-state index contributed by atoms with van der Waals surface area (Å²) < 4.78 is 37.3. The van der Waals surface area contributed by atoms with Gasteiger partial charge in [0.1, 0.15) is 11.5 Å². The van der Waals surface area contributed by atoms with E-state index < -0.39 is 12.8 Å². The van der Waals surface area contributed by atoms with E-state index in [9.17, 15) is 8.78 Å². The monoisotopic (exact) mass is 468 g/mol. The Bertz CT molecular complexity index is 1370. The molecule has 0 bridgehead atoms. The van der Waals surface area contributed by atoms with E-state index >= 15 is 0 Å². The third-order valence-electron chi connectivity index (χ3n) is 6.43. The number of benzene rings is 4. The van der Waals surface area contributed by atoms with Crippen LogP contribution >= 0.6 is 0 Å². The molecule has 0 saturated carbocycles. The molecule has 0 saturated heterocycles. The summed E-state index contributed by atoms with van der Waals surface area (Å²) in [6, 6.07) is 33.0. The van der Waals surface area contributed by atoms with Crippen molar-refractivity contribution in [2.75, 3.05) is 0 Å². The van der Waals surface area contributed by atoms with Gasteiger partial charge in [-0.1, -0.05) is 84.9 Å². The number of hydrogen-bond donors (Lipinski definition) is 0. The first-order chi connectivity index (χ1) is 17.2. The number of halogens is 2. The Hall–Kier alpha value is -4.19. The van der Waals surface area contributed by atoms with Gasteiger partial charge in [-0.25, -0.2) is 5.01 Å². The summed E-state index contributed by atoms with van der Waals surface area (Å²) in [5, 5.41) is 6.81. The quantitative estimate of drug-likeness (QED) is 0.311. The average molecular weight is 469 g/mol. The standard InChI is InChI=1S/C29H22F2N2O2/c30-29(31)35-27-13-7-5-11-23(27)28-33-25(22-10-4-6-12-26(22)34-28)18-24(32-33)21-16-14-20(15-17-21)19-8-2-1-3-9-19/h1-17,25,28-29H,18H2/t25-,28-/m0/s1. The summed E-state index contributed by atoms with van der Waals surface area (Å²) >= 11 is 0. The minimum absolute atomic E-state index is 0.0756. The third-order valence-corrected chi connectivity index (χ3v) is 6.43. The van der Waals surface area contributed by atoms with E-state index in [1.807, 2.05) is 47.5 Å². The number of nitrogens with zero attached hydrogens (tertiary/aromatic N) is 2. The lowest BCUT2D eigenvalue weighted by molar-refractivity contribution is -0.0578. The summed E-state index contributed by atoms with van der Waals surface area (Å²) in [7, 11) is 0. The summed E-state index contributed by atoms with van der Waals surface area (Å²) in [5.74, 6) is 0.808. The molecule has 0 unspecified atom stereocenters. The van der Waals surface area contributed by atoms with Crippen LogP contribution in [0.15, 0.2) is 108 Å². The first-order valence-corrected chi connectivity index (χ1v) is 11.5. The van der Waals surface area contributed by atoms with E-state index in [-0.39, 0.29) is 11.8 Å². The maximum atomic E-state index is 13.1. The third kappa shape index (κ3) is 4.01. The van der Waals surface area contributed by atoms with Crippen molar-refractivity contribution in [1.29, 1.82) is 0 Å². The predicted molar refractivity (Wildman–Crippen MR) is 130 cm³/mol. The largest absolute Gasteiger partial charge is 0.464 e. The van der Waals surface area contributed by atoms with Crippen LogP contribution in [-0.4, -0.2) is 17.3 Å². The van der Waals surface area contributed by atoms with Crippen LogP contribution in [0.4, 0.5) is 8.78 Å². The molecule has 4 aromatic carbocycles. The minimum atomic E-state index is -2.93. The molecule has 2 atom stereocenters. The van der Waals surface area contributed by atoms with Crippen molar-refractivity contribution < 1.29 is 18.3 Å². The molecule has 6 rings (SSSR count). The van der Waals surface area contributed by atoms with Gasteiger partial charge in [-0.2, -0.15) is 13.9 Å². The van der Waals surface area contributed by atoms with Crippen LogP contribution < -0.4 is 9.47 Å². The van der Waals surface area contributed by atoms with E-state index in [2.05, 4.69) is 36.4 Å². The van der Waals surface area contributed by atoms with Crippen LogP contribution in [0, 0.1) is 0 Å². The highest BCUT2D eigenvalue weighted by Crippen LogP contribution is 2.48. The number of hydrogen-bond acceptors (Lipinski definition) is 4. The molecular formula is C29H22F2N2O2. The van der Waals surface area contributed by atoms with Crippen LogP contribution in [-0.2, 0) is 0 Å². The highest BCUT2D eigenvalue weighted by Gasteiger charge is 2.42. The number of rotatable bonds is 5. The zero-order valence-electron chi connectivity index (χ0n) is 18.7. The predicted octanol–water partition coefficient (Wildman–Crippen LogP) is 7.20. The molecule has 35 heavy (non-hydrogen) atoms. The second kappa shape index (κ2) is 8.87. The highest BCUT2D eigenvalue weighted by molar-refractivity contribution is 6.02. The van der Waals surface area contributed by atoms with E-state index in [0.717, 1.165) is 33.7 Å². The number of para-hydroxylation sites is 2. The molecule has 0 spiro atoms. The second-order valence-electron chi connectivity index (χ2n) is 8.51. The lowest BCUT2D eigenvalue weighted by Crippen LogP contribution is -2.34. The molecule has 0 fully saturated rings. The SMILES string of the molecule is FC(F)Oc1ccccc1[C@@H]1Oc2ccccc2[C@@H]2CC(c3ccc(-c4ccccc4)cc3)=NN21. The van der Waals surface area contributed by atoms with Crippen LogP contribution in [0.3, 0.4) is 0 Å². The van der Waals surface area contributed by atoms with E-state index in [1.54, 1.807) is 18.2 Å². The number of fused-ring (bicyclic) bond motifs is 3. The Morgan fingerprint density at radius 1 is 0.743 bits per heavy atom. The van der Waals surface area contributed by atoms with Crippen molar-refractivity contribution in [2.24, 2.45) is 5.10 Å². The molecule has 2 heterocycles. The van der Waals surface area contributed by atoms with Crippen molar-refractivity contribution >= 4 is 5.71 Å². The second-order valence-corrected chi connectivity index (χ2v) is 8.51. The Kier molecular flexibility index (Phi) is 5.41. The number of ether oxygens (including phenoxy) is 2. The minimum Gasteiger partial charge on any atom is -0.464 e. The molecule has 2 aliphatic rings. The van der Waals surface area contributed by atoms with Crippen molar-refractivity contribution in [3.8, 4) is 22.6 Å². The molecule has 4 aromatic rings. The average Bonchev–Trinajstić information content (AvgIpc) is 3.35. The molecule has 2 aliphatic heterocycles. The van der Waals surface area contributed by atoms with Gasteiger partial charge in [0.25, 0.3) is 0 Å². The summed E-state index contributed by atoms with van der Waals surface area (Å²) in [6.07, 6.45) is -0.00895. The van der Waals surface area contributed by atoms with Gasteiger partial charge >= 0.3 is 6.61 Å². The van der Waals surface area contributed by atoms with Gasteiger partial charge in [-0.15, -0.1) is 0 Å². The van der Waals surface area contributed by atoms with Crippen molar-refractivity contribution in [3.05, 3.63) is 120 Å². The van der Waals surface area contributed by atoms with E-state index in [1.165, 1.54) is 6.07 Å². The Balaban J connectivity index is 1.38. The van der Waals surface area contributed by atoms with Crippen molar-refractivity contribution in [3.63, 3.8) is 0 Å². The van der Waals surface area contributed by atoms with Gasteiger partial charge in [-0.05, 0) is 34.9 Å². The molecule has 6 heteroatoms. The van der Waals surface area contributed by atoms with Crippen molar-refractivity contribution in [2.45, 2.75) is 25.3 Å². The topological polar surface area (TPSA) is 34.1 Å². The number of hydrazone groups is 1. The fourth-order valence-corrected chi connectivity index (χ4v) is 4.79. The van der Waals surface area contributed by atoms with Gasteiger partial charge in [0.15, 0.2) is 0 Å². The zero-order chi connectivity index (χ0) is 23.8. The first kappa shape index (κ1) is 21.4. The first-order valence-electron chi connectivity index (χ1n) is 11.5. The molecular weight excluding hydrogens is 446 g/mol. The lowest BCUT2D eigenvalue weighted by Gasteiger charge is -2.38. The van der Waals surface area contributed by atoms with Gasteiger partial charge in [0.2, 0.25) is 6.23 Å². The molecule has 0 amide bonds. The molecule has 0 radical (unpaired) electrons. The molecule has 0 N–H and O–H groups in total. The van der Waals surface area contributed by atoms with E-state index in [0.29, 0.717) is 12.0 Å². The maximum absolute atomic E-state index is 13.1. The lowest BCUT2D eigenvalue weighted by atomic mass is 9.95. The Morgan fingerprint density at radius 2 is 1.37 bits per heavy atom. The normalized spacial score (nSPS) is 18.5. The van der Waals surface area contributed by atoms with Gasteiger partial charge in [-0.3, -0.25) is 0 Å². The molecule has 0 aromatic heterocycles. The smallest absolute Gasteiger partial charge is 0.387 e. The number of alkyl halides is 2. The Labute approximate surface area is 202 Å². The van der Waals surface area contributed by atoms with E-state index in [4.69, 9.17) is 14.6 Å². The summed E-state index contributed by atoms with van der Waals surface area (Å²) in [5.41, 5.74) is 5.77. The van der Waals surface area contributed by atoms with Crippen LogP contribution in [0.5, 0.6) is 11.5 Å². The van der Waals surface area contributed by atoms with Crippen LogP contribution in [0.1, 0.15) is 35.4 Å². The van der Waals surface area contributed by atoms with Gasteiger partial charge in [0.05, 0.1) is 17.3 Å². The summed E-state index contributed by atoms with van der Waals surface area (Å²) in [4.78, 5) is 0. The zero-order valence-corrected chi connectivity index (χ0v) is 18.7. The van der Waals surface area contributed by atoms with Crippen molar-refractivity contribution in [1.82, 2.24) is 5.01 Å². The molecule has 0 aliphatic carbocycles. The fraction of sp³-hybridized carbons (Fsp3) is 0.138. The highest BCUT2D eigenvalue weighted by atomic mass is 19.3. The maximum Gasteiger partial charge on any atom is 0.387 e. The van der Waals surface area contributed by atoms with Gasteiger partial charge in [0, 0.05) is 12.0 Å². The van der Waals surface area contributed by atoms with Gasteiger partial charge < -0.3 is 9.47 Å². The Morgan fingerprint density at radius 3 is 2.14 bits per heavy atom. The fourth-order valence-electron chi connectivity index (χ4n) is 4.79. The molecule has 174 valence electrons. The molecule has 4 nitrogen and oxygen atoms in total. The van der Waals surface area contributed by atoms with Crippen LogP contribution in [0.25, 0.3) is 11.1 Å².